The standard InChI is InChI=1S/C25H30N3/c1-18(2)27-17-23(19-11-5-3-6-12-19)28-22-16-10-9-15-21(22)26-24(25(27)28)20-13-7-4-8-14-20/h3-8,11-14,17-18,21-22,24,26H,9-10,15-16H2,1-2H3/q+1/t21-,22-,24?/m1/s1. The molecular weight excluding hydrogens is 342 g/mol. The highest BCUT2D eigenvalue weighted by atomic mass is 15.3. The van der Waals surface area contributed by atoms with Gasteiger partial charge in [-0.15, -0.1) is 0 Å². The van der Waals surface area contributed by atoms with E-state index in [-0.39, 0.29) is 6.04 Å². The maximum atomic E-state index is 4.05. The van der Waals surface area contributed by atoms with Crippen molar-refractivity contribution in [1.29, 1.82) is 0 Å². The van der Waals surface area contributed by atoms with Crippen molar-refractivity contribution in [2.24, 2.45) is 0 Å². The van der Waals surface area contributed by atoms with E-state index in [1.54, 1.807) is 0 Å². The first-order chi connectivity index (χ1) is 13.7. The number of benzene rings is 2. The van der Waals surface area contributed by atoms with E-state index in [1.165, 1.54) is 48.3 Å². The first kappa shape index (κ1) is 17.7. The molecule has 0 bridgehead atoms. The molecule has 2 heterocycles. The molecule has 1 fully saturated rings. The van der Waals surface area contributed by atoms with Gasteiger partial charge in [0.2, 0.25) is 0 Å². The first-order valence-corrected chi connectivity index (χ1v) is 10.8. The van der Waals surface area contributed by atoms with Gasteiger partial charge in [-0.3, -0.25) is 5.32 Å². The van der Waals surface area contributed by atoms with Gasteiger partial charge < -0.3 is 0 Å². The summed E-state index contributed by atoms with van der Waals surface area (Å²) < 4.78 is 5.19. The van der Waals surface area contributed by atoms with E-state index in [4.69, 9.17) is 0 Å². The summed E-state index contributed by atoms with van der Waals surface area (Å²) in [5.41, 5.74) is 4.05. The van der Waals surface area contributed by atoms with E-state index >= 15 is 0 Å². The van der Waals surface area contributed by atoms with Crippen LogP contribution < -0.4 is 9.88 Å². The van der Waals surface area contributed by atoms with Crippen LogP contribution in [0.15, 0.2) is 66.9 Å². The zero-order valence-corrected chi connectivity index (χ0v) is 16.9. The molecule has 0 radical (unpaired) electrons. The molecule has 0 saturated heterocycles. The van der Waals surface area contributed by atoms with Crippen LogP contribution in [0, 0.1) is 0 Å². The topological polar surface area (TPSA) is 20.8 Å². The zero-order valence-electron chi connectivity index (χ0n) is 16.9. The van der Waals surface area contributed by atoms with Crippen molar-refractivity contribution in [3.05, 3.63) is 78.2 Å². The summed E-state index contributed by atoms with van der Waals surface area (Å²) in [5.74, 6) is 1.41. The average Bonchev–Trinajstić information content (AvgIpc) is 3.16. The largest absolute Gasteiger partial charge is 0.293 e. The second kappa shape index (κ2) is 7.21. The minimum atomic E-state index is 0.236. The maximum Gasteiger partial charge on any atom is 0.279 e. The summed E-state index contributed by atoms with van der Waals surface area (Å²) in [6.07, 6.45) is 7.58. The zero-order chi connectivity index (χ0) is 19.1. The monoisotopic (exact) mass is 372 g/mol. The Morgan fingerprint density at radius 2 is 1.61 bits per heavy atom. The Morgan fingerprint density at radius 1 is 0.929 bits per heavy atom. The molecular formula is C25H30N3+. The maximum absolute atomic E-state index is 4.05. The number of nitrogens with one attached hydrogen (secondary N) is 1. The lowest BCUT2D eigenvalue weighted by Gasteiger charge is -2.38. The Kier molecular flexibility index (Phi) is 4.56. The minimum Gasteiger partial charge on any atom is -0.293 e. The minimum absolute atomic E-state index is 0.236. The highest BCUT2D eigenvalue weighted by Crippen LogP contribution is 2.41. The van der Waals surface area contributed by atoms with Gasteiger partial charge in [-0.2, -0.15) is 0 Å². The fourth-order valence-corrected chi connectivity index (χ4v) is 5.17. The molecule has 144 valence electrons. The second-order valence-electron chi connectivity index (χ2n) is 8.58. The summed E-state index contributed by atoms with van der Waals surface area (Å²) in [6, 6.07) is 23.6. The summed E-state index contributed by atoms with van der Waals surface area (Å²) in [6.45, 7) is 4.59. The smallest absolute Gasteiger partial charge is 0.279 e. The van der Waals surface area contributed by atoms with Crippen molar-refractivity contribution in [2.45, 2.75) is 63.7 Å². The highest BCUT2D eigenvalue weighted by Gasteiger charge is 2.46. The van der Waals surface area contributed by atoms with Crippen LogP contribution in [0.5, 0.6) is 0 Å². The van der Waals surface area contributed by atoms with E-state index in [0.29, 0.717) is 18.1 Å². The average molecular weight is 373 g/mol. The van der Waals surface area contributed by atoms with Gasteiger partial charge in [0.25, 0.3) is 5.82 Å². The molecule has 3 heteroatoms. The van der Waals surface area contributed by atoms with Gasteiger partial charge >= 0.3 is 0 Å². The molecule has 28 heavy (non-hydrogen) atoms. The van der Waals surface area contributed by atoms with Gasteiger partial charge in [0.1, 0.15) is 18.3 Å². The van der Waals surface area contributed by atoms with Crippen molar-refractivity contribution in [2.75, 3.05) is 0 Å². The molecule has 3 nitrogen and oxygen atoms in total. The predicted molar refractivity (Wildman–Crippen MR) is 113 cm³/mol. The molecule has 2 aliphatic rings. The summed E-state index contributed by atoms with van der Waals surface area (Å²) in [5, 5.41) is 4.05. The van der Waals surface area contributed by atoms with Gasteiger partial charge in [0.15, 0.2) is 5.69 Å². The van der Waals surface area contributed by atoms with Gasteiger partial charge in [-0.05, 0) is 38.7 Å². The fraction of sp³-hybridized carbons (Fsp3) is 0.400. The Labute approximate surface area is 168 Å². The quantitative estimate of drug-likeness (QED) is 0.627. The Balaban J connectivity index is 1.76. The van der Waals surface area contributed by atoms with Crippen LogP contribution in [0.4, 0.5) is 0 Å². The number of aromatic nitrogens is 2. The molecule has 1 saturated carbocycles. The summed E-state index contributed by atoms with van der Waals surface area (Å²) in [4.78, 5) is 0. The highest BCUT2D eigenvalue weighted by molar-refractivity contribution is 5.59. The van der Waals surface area contributed by atoms with Crippen molar-refractivity contribution in [3.8, 4) is 11.3 Å². The molecule has 1 aliphatic heterocycles. The third-order valence-corrected chi connectivity index (χ3v) is 6.49. The van der Waals surface area contributed by atoms with Gasteiger partial charge in [-0.1, -0.05) is 67.1 Å². The number of fused-ring (bicyclic) bond motifs is 3. The van der Waals surface area contributed by atoms with Gasteiger partial charge in [-0.25, -0.2) is 9.13 Å². The predicted octanol–water partition coefficient (Wildman–Crippen LogP) is 5.20. The van der Waals surface area contributed by atoms with Crippen LogP contribution in [-0.2, 0) is 0 Å². The first-order valence-electron chi connectivity index (χ1n) is 10.8. The Morgan fingerprint density at radius 3 is 2.32 bits per heavy atom. The summed E-state index contributed by atoms with van der Waals surface area (Å²) >= 11 is 0. The van der Waals surface area contributed by atoms with Crippen LogP contribution in [0.1, 0.15) is 69.0 Å². The fourth-order valence-electron chi connectivity index (χ4n) is 5.17. The molecule has 1 aromatic heterocycles. The van der Waals surface area contributed by atoms with Crippen LogP contribution in [0.3, 0.4) is 0 Å². The molecule has 2 aromatic carbocycles. The van der Waals surface area contributed by atoms with Crippen molar-refractivity contribution < 1.29 is 4.57 Å². The third-order valence-electron chi connectivity index (χ3n) is 6.49. The van der Waals surface area contributed by atoms with Crippen molar-refractivity contribution in [1.82, 2.24) is 9.88 Å². The van der Waals surface area contributed by atoms with Gasteiger partial charge in [0, 0.05) is 11.6 Å². The second-order valence-corrected chi connectivity index (χ2v) is 8.58. The molecule has 0 amide bonds. The lowest BCUT2D eigenvalue weighted by molar-refractivity contribution is -0.724. The van der Waals surface area contributed by atoms with Crippen molar-refractivity contribution in [3.63, 3.8) is 0 Å². The third kappa shape index (κ3) is 2.89. The molecule has 3 atom stereocenters. The molecule has 1 unspecified atom stereocenters. The van der Waals surface area contributed by atoms with Crippen LogP contribution in [0.2, 0.25) is 0 Å². The lowest BCUT2D eigenvalue weighted by atomic mass is 9.86. The SMILES string of the molecule is CC(C)[n+]1cc(-c2ccccc2)n2c1C(c1ccccc1)N[C@@H]1CCCC[C@H]12. The number of imidazole rings is 1. The van der Waals surface area contributed by atoms with Crippen LogP contribution >= 0.6 is 0 Å². The van der Waals surface area contributed by atoms with E-state index in [9.17, 15) is 0 Å². The van der Waals surface area contributed by atoms with E-state index in [0.717, 1.165) is 0 Å². The Bertz CT molecular complexity index is 943. The van der Waals surface area contributed by atoms with Gasteiger partial charge in [0.05, 0.1) is 6.04 Å². The van der Waals surface area contributed by atoms with E-state index in [2.05, 4.69) is 95.2 Å². The number of hydrogen-bond acceptors (Lipinski definition) is 1. The molecule has 1 aliphatic carbocycles. The molecule has 0 spiro atoms. The lowest BCUT2D eigenvalue weighted by Crippen LogP contribution is -2.53. The number of rotatable bonds is 3. The Hall–Kier alpha value is -2.39. The van der Waals surface area contributed by atoms with E-state index < -0.39 is 0 Å². The molecule has 5 rings (SSSR count). The van der Waals surface area contributed by atoms with E-state index in [1.807, 2.05) is 0 Å². The van der Waals surface area contributed by atoms with Crippen LogP contribution in [0.25, 0.3) is 11.3 Å². The number of nitrogens with zero attached hydrogens (tertiary/aromatic N) is 2. The molecule has 3 aromatic rings. The van der Waals surface area contributed by atoms with Crippen molar-refractivity contribution >= 4 is 0 Å². The summed E-state index contributed by atoms with van der Waals surface area (Å²) in [7, 11) is 0. The van der Waals surface area contributed by atoms with Crippen LogP contribution in [-0.4, -0.2) is 10.6 Å². The number of hydrogen-bond donors (Lipinski definition) is 1. The normalized spacial score (nSPS) is 24.0. The molecule has 1 N–H and O–H groups in total.